The molecule has 0 fully saturated rings. The van der Waals surface area contributed by atoms with Crippen LogP contribution in [0.2, 0.25) is 0 Å². The van der Waals surface area contributed by atoms with Crippen molar-refractivity contribution in [1.82, 2.24) is 15.0 Å². The molecule has 4 N–H and O–H groups in total. The molecule has 0 aliphatic carbocycles. The third-order valence-corrected chi connectivity index (χ3v) is 2.60. The molecule has 0 bridgehead atoms. The Labute approximate surface area is 107 Å². The second-order valence-corrected chi connectivity index (χ2v) is 3.91. The van der Waals surface area contributed by atoms with Crippen LogP contribution >= 0.6 is 0 Å². The molecule has 0 saturated heterocycles. The van der Waals surface area contributed by atoms with E-state index in [1.165, 1.54) is 16.8 Å². The van der Waals surface area contributed by atoms with Crippen molar-refractivity contribution < 1.29 is 4.79 Å². The molecule has 0 saturated carbocycles. The lowest BCUT2D eigenvalue weighted by atomic mass is 10.1. The minimum absolute atomic E-state index is 0.306. The fraction of sp³-hybridized carbons (Fsp3) is 0.0833. The number of hydrogen-bond donors (Lipinski definition) is 3. The minimum Gasteiger partial charge on any atom is -0.296 e. The number of rotatable bonds is 3. The van der Waals surface area contributed by atoms with Gasteiger partial charge in [0.25, 0.3) is 11.5 Å². The fourth-order valence-corrected chi connectivity index (χ4v) is 1.61. The SMILES string of the molecule is NNC(=O)c1ccc(Cn2ccc(=O)[nH]c2=O)cc1. The number of benzene rings is 1. The van der Waals surface area contributed by atoms with Crippen molar-refractivity contribution in [3.05, 3.63) is 68.5 Å². The van der Waals surface area contributed by atoms with E-state index < -0.39 is 11.2 Å². The summed E-state index contributed by atoms with van der Waals surface area (Å²) in [5, 5.41) is 0. The van der Waals surface area contributed by atoms with Gasteiger partial charge in [0, 0.05) is 17.8 Å². The van der Waals surface area contributed by atoms with Crippen molar-refractivity contribution in [2.45, 2.75) is 6.54 Å². The van der Waals surface area contributed by atoms with Gasteiger partial charge in [-0.25, -0.2) is 10.6 Å². The van der Waals surface area contributed by atoms with E-state index in [1.807, 2.05) is 5.43 Å². The van der Waals surface area contributed by atoms with Crippen molar-refractivity contribution >= 4 is 5.91 Å². The maximum atomic E-state index is 11.5. The number of H-pyrrole nitrogens is 1. The highest BCUT2D eigenvalue weighted by Crippen LogP contribution is 2.05. The Bertz CT molecular complexity index is 700. The summed E-state index contributed by atoms with van der Waals surface area (Å²) >= 11 is 0. The van der Waals surface area contributed by atoms with Gasteiger partial charge in [0.05, 0.1) is 6.54 Å². The van der Waals surface area contributed by atoms with Crippen molar-refractivity contribution in [2.75, 3.05) is 0 Å². The van der Waals surface area contributed by atoms with Crippen LogP contribution in [0.5, 0.6) is 0 Å². The maximum absolute atomic E-state index is 11.5. The third kappa shape index (κ3) is 2.96. The van der Waals surface area contributed by atoms with Crippen LogP contribution in [0.3, 0.4) is 0 Å². The van der Waals surface area contributed by atoms with Crippen LogP contribution in [-0.2, 0) is 6.54 Å². The van der Waals surface area contributed by atoms with Crippen molar-refractivity contribution in [2.24, 2.45) is 5.84 Å². The van der Waals surface area contributed by atoms with Crippen LogP contribution in [0, 0.1) is 0 Å². The van der Waals surface area contributed by atoms with E-state index in [4.69, 9.17) is 5.84 Å². The van der Waals surface area contributed by atoms with E-state index in [2.05, 4.69) is 4.98 Å². The molecular weight excluding hydrogens is 248 g/mol. The molecule has 1 aromatic carbocycles. The molecule has 0 radical (unpaired) electrons. The number of carbonyl (C=O) groups is 1. The van der Waals surface area contributed by atoms with Gasteiger partial charge in [0.1, 0.15) is 0 Å². The first-order valence-corrected chi connectivity index (χ1v) is 5.50. The molecule has 1 aromatic heterocycles. The zero-order valence-corrected chi connectivity index (χ0v) is 9.92. The van der Waals surface area contributed by atoms with Gasteiger partial charge in [0.2, 0.25) is 0 Å². The molecule has 2 aromatic rings. The van der Waals surface area contributed by atoms with Gasteiger partial charge in [-0.2, -0.15) is 0 Å². The summed E-state index contributed by atoms with van der Waals surface area (Å²) in [7, 11) is 0. The van der Waals surface area contributed by atoms with Gasteiger partial charge in [0.15, 0.2) is 0 Å². The van der Waals surface area contributed by atoms with Crippen LogP contribution in [-0.4, -0.2) is 15.5 Å². The van der Waals surface area contributed by atoms with Crippen LogP contribution in [0.1, 0.15) is 15.9 Å². The van der Waals surface area contributed by atoms with E-state index >= 15 is 0 Å². The summed E-state index contributed by atoms with van der Waals surface area (Å²) < 4.78 is 1.36. The molecule has 0 aliphatic heterocycles. The normalized spacial score (nSPS) is 10.2. The largest absolute Gasteiger partial charge is 0.328 e. The predicted octanol–water partition coefficient (Wildman–Crippen LogP) is -0.812. The zero-order chi connectivity index (χ0) is 13.8. The summed E-state index contributed by atoms with van der Waals surface area (Å²) in [5.41, 5.74) is 2.37. The molecular formula is C12H12N4O3. The van der Waals surface area contributed by atoms with Gasteiger partial charge in [-0.1, -0.05) is 12.1 Å². The molecule has 7 nitrogen and oxygen atoms in total. The second-order valence-electron chi connectivity index (χ2n) is 3.91. The number of hydrazine groups is 1. The first-order chi connectivity index (χ1) is 9.10. The lowest BCUT2D eigenvalue weighted by Crippen LogP contribution is -2.30. The summed E-state index contributed by atoms with van der Waals surface area (Å²) in [6.45, 7) is 0.306. The van der Waals surface area contributed by atoms with Crippen LogP contribution in [0.25, 0.3) is 0 Å². The number of carbonyl (C=O) groups excluding carboxylic acids is 1. The Hall–Kier alpha value is -2.67. The summed E-state index contributed by atoms with van der Waals surface area (Å²) in [5.74, 6) is 4.64. The summed E-state index contributed by atoms with van der Waals surface area (Å²) in [4.78, 5) is 35.8. The Morgan fingerprint density at radius 2 is 1.89 bits per heavy atom. The van der Waals surface area contributed by atoms with Crippen molar-refractivity contribution in [3.8, 4) is 0 Å². The molecule has 98 valence electrons. The third-order valence-electron chi connectivity index (χ3n) is 2.60. The number of aromatic nitrogens is 2. The molecule has 0 aliphatic rings. The number of nitrogen functional groups attached to an aromatic ring is 1. The average molecular weight is 260 g/mol. The van der Waals surface area contributed by atoms with Gasteiger partial charge in [-0.15, -0.1) is 0 Å². The van der Waals surface area contributed by atoms with Gasteiger partial charge in [-0.05, 0) is 17.7 Å². The highest BCUT2D eigenvalue weighted by Gasteiger charge is 2.03. The van der Waals surface area contributed by atoms with E-state index in [1.54, 1.807) is 24.3 Å². The lowest BCUT2D eigenvalue weighted by Gasteiger charge is -2.05. The van der Waals surface area contributed by atoms with Gasteiger partial charge < -0.3 is 0 Å². The van der Waals surface area contributed by atoms with E-state index in [0.717, 1.165) is 5.56 Å². The van der Waals surface area contributed by atoms with Gasteiger partial charge in [-0.3, -0.25) is 24.6 Å². The van der Waals surface area contributed by atoms with E-state index in [-0.39, 0.29) is 5.91 Å². The average Bonchev–Trinajstić information content (AvgIpc) is 2.42. The van der Waals surface area contributed by atoms with Crippen molar-refractivity contribution in [3.63, 3.8) is 0 Å². The zero-order valence-electron chi connectivity index (χ0n) is 9.92. The van der Waals surface area contributed by atoms with Crippen LogP contribution < -0.4 is 22.5 Å². The molecule has 19 heavy (non-hydrogen) atoms. The Balaban J connectivity index is 2.22. The number of nitrogens with two attached hydrogens (primary N) is 1. The number of nitrogens with zero attached hydrogens (tertiary/aromatic N) is 1. The minimum atomic E-state index is -0.476. The fourth-order valence-electron chi connectivity index (χ4n) is 1.61. The standard InChI is InChI=1S/C12H12N4O3/c13-15-11(18)9-3-1-8(2-4-9)7-16-6-5-10(17)14-12(16)19/h1-6H,7,13H2,(H,15,18)(H,14,17,19). The van der Waals surface area contributed by atoms with E-state index in [9.17, 15) is 14.4 Å². The molecule has 0 atom stereocenters. The summed E-state index contributed by atoms with van der Waals surface area (Å²) in [6.07, 6.45) is 1.42. The topological polar surface area (TPSA) is 110 Å². The van der Waals surface area contributed by atoms with Crippen molar-refractivity contribution in [1.29, 1.82) is 0 Å². The monoisotopic (exact) mass is 260 g/mol. The molecule has 0 spiro atoms. The smallest absolute Gasteiger partial charge is 0.296 e. The van der Waals surface area contributed by atoms with Crippen LogP contribution in [0.4, 0.5) is 0 Å². The Kier molecular flexibility index (Phi) is 3.58. The predicted molar refractivity (Wildman–Crippen MR) is 68.5 cm³/mol. The van der Waals surface area contributed by atoms with Gasteiger partial charge >= 0.3 is 5.69 Å². The Morgan fingerprint density at radius 1 is 1.21 bits per heavy atom. The second kappa shape index (κ2) is 5.32. The molecule has 2 rings (SSSR count). The van der Waals surface area contributed by atoms with E-state index in [0.29, 0.717) is 12.1 Å². The first-order valence-electron chi connectivity index (χ1n) is 5.50. The Morgan fingerprint density at radius 3 is 2.47 bits per heavy atom. The lowest BCUT2D eigenvalue weighted by molar-refractivity contribution is 0.0953. The maximum Gasteiger partial charge on any atom is 0.328 e. The number of nitrogens with one attached hydrogen (secondary N) is 2. The number of amides is 1. The quantitative estimate of drug-likeness (QED) is 0.381. The highest BCUT2D eigenvalue weighted by atomic mass is 16.2. The molecule has 1 amide bonds. The first kappa shape index (κ1) is 12.8. The number of aromatic amines is 1. The highest BCUT2D eigenvalue weighted by molar-refractivity contribution is 5.93. The molecule has 7 heteroatoms. The number of hydrogen-bond acceptors (Lipinski definition) is 4. The van der Waals surface area contributed by atoms with Crippen LogP contribution in [0.15, 0.2) is 46.1 Å². The summed E-state index contributed by atoms with van der Waals surface area (Å²) in [6, 6.07) is 7.91. The molecule has 1 heterocycles. The molecule has 0 unspecified atom stereocenters.